The standard InChI is InChI=1S/C16H24BrClN2/c1-12(2)9-20(11-14-4-3-7-19-14)10-13-5-6-16(18)15(17)8-13/h5-6,8,12,14,19H,3-4,7,9-11H2,1-2H3. The van der Waals surface area contributed by atoms with E-state index in [1.54, 1.807) is 0 Å². The van der Waals surface area contributed by atoms with Crippen LogP contribution in [-0.4, -0.2) is 30.6 Å². The third-order valence-electron chi connectivity index (χ3n) is 3.65. The molecule has 1 aromatic carbocycles. The molecule has 1 unspecified atom stereocenters. The summed E-state index contributed by atoms with van der Waals surface area (Å²) < 4.78 is 0.986. The molecular weight excluding hydrogens is 336 g/mol. The number of hydrogen-bond acceptors (Lipinski definition) is 2. The zero-order valence-electron chi connectivity index (χ0n) is 12.3. The van der Waals surface area contributed by atoms with Crippen molar-refractivity contribution in [2.45, 2.75) is 39.3 Å². The lowest BCUT2D eigenvalue weighted by Crippen LogP contribution is -2.38. The second kappa shape index (κ2) is 7.79. The van der Waals surface area contributed by atoms with Gasteiger partial charge >= 0.3 is 0 Å². The molecule has 1 N–H and O–H groups in total. The van der Waals surface area contributed by atoms with Gasteiger partial charge in [-0.05, 0) is 58.9 Å². The maximum Gasteiger partial charge on any atom is 0.0548 e. The van der Waals surface area contributed by atoms with Gasteiger partial charge in [-0.15, -0.1) is 0 Å². The van der Waals surface area contributed by atoms with Gasteiger partial charge in [0.05, 0.1) is 5.02 Å². The molecule has 0 aliphatic carbocycles. The zero-order valence-corrected chi connectivity index (χ0v) is 14.7. The lowest BCUT2D eigenvalue weighted by atomic mass is 10.1. The summed E-state index contributed by atoms with van der Waals surface area (Å²) in [6.45, 7) is 9.01. The van der Waals surface area contributed by atoms with Crippen LogP contribution in [0.5, 0.6) is 0 Å². The van der Waals surface area contributed by atoms with Crippen LogP contribution in [0.3, 0.4) is 0 Å². The molecule has 1 heterocycles. The van der Waals surface area contributed by atoms with E-state index in [0.29, 0.717) is 12.0 Å². The molecule has 0 bridgehead atoms. The number of rotatable bonds is 6. The summed E-state index contributed by atoms with van der Waals surface area (Å²) >= 11 is 9.58. The Morgan fingerprint density at radius 1 is 1.45 bits per heavy atom. The summed E-state index contributed by atoms with van der Waals surface area (Å²) in [5.74, 6) is 0.687. The van der Waals surface area contributed by atoms with Crippen LogP contribution in [0.4, 0.5) is 0 Å². The first-order chi connectivity index (χ1) is 9.54. The first-order valence-electron chi connectivity index (χ1n) is 7.44. The summed E-state index contributed by atoms with van der Waals surface area (Å²) in [5.41, 5.74) is 1.32. The molecule has 1 saturated heterocycles. The molecule has 0 aromatic heterocycles. The maximum absolute atomic E-state index is 6.07. The Bertz CT molecular complexity index is 430. The Balaban J connectivity index is 1.99. The van der Waals surface area contributed by atoms with Gasteiger partial charge in [-0.1, -0.05) is 31.5 Å². The van der Waals surface area contributed by atoms with Gasteiger partial charge in [-0.2, -0.15) is 0 Å². The SMILES string of the molecule is CC(C)CN(Cc1ccc(Cl)c(Br)c1)CC1CCCN1. The molecule has 1 fully saturated rings. The lowest BCUT2D eigenvalue weighted by Gasteiger charge is -2.27. The smallest absolute Gasteiger partial charge is 0.0548 e. The van der Waals surface area contributed by atoms with Crippen molar-refractivity contribution in [1.82, 2.24) is 10.2 Å². The summed E-state index contributed by atoms with van der Waals surface area (Å²) in [7, 11) is 0. The second-order valence-electron chi connectivity index (χ2n) is 6.13. The van der Waals surface area contributed by atoms with E-state index in [4.69, 9.17) is 11.6 Å². The van der Waals surface area contributed by atoms with Crippen molar-refractivity contribution in [3.63, 3.8) is 0 Å². The van der Waals surface area contributed by atoms with Gasteiger partial charge in [0, 0.05) is 30.1 Å². The van der Waals surface area contributed by atoms with Crippen molar-refractivity contribution in [2.24, 2.45) is 5.92 Å². The second-order valence-corrected chi connectivity index (χ2v) is 7.39. The monoisotopic (exact) mass is 358 g/mol. The Morgan fingerprint density at radius 3 is 2.85 bits per heavy atom. The molecule has 2 nitrogen and oxygen atoms in total. The lowest BCUT2D eigenvalue weighted by molar-refractivity contribution is 0.216. The van der Waals surface area contributed by atoms with Crippen molar-refractivity contribution in [1.29, 1.82) is 0 Å². The van der Waals surface area contributed by atoms with E-state index < -0.39 is 0 Å². The highest BCUT2D eigenvalue weighted by Crippen LogP contribution is 2.24. The van der Waals surface area contributed by atoms with E-state index in [1.165, 1.54) is 24.9 Å². The third-order valence-corrected chi connectivity index (χ3v) is 4.87. The summed E-state index contributed by atoms with van der Waals surface area (Å²) in [5, 5.41) is 4.37. The van der Waals surface area contributed by atoms with Crippen LogP contribution in [-0.2, 0) is 6.54 Å². The Morgan fingerprint density at radius 2 is 2.25 bits per heavy atom. The predicted molar refractivity (Wildman–Crippen MR) is 90.3 cm³/mol. The van der Waals surface area contributed by atoms with E-state index in [9.17, 15) is 0 Å². The van der Waals surface area contributed by atoms with Crippen LogP contribution in [0.15, 0.2) is 22.7 Å². The Labute approximate surface area is 136 Å². The topological polar surface area (TPSA) is 15.3 Å². The summed E-state index contributed by atoms with van der Waals surface area (Å²) in [6.07, 6.45) is 2.62. The molecule has 0 radical (unpaired) electrons. The number of nitrogens with zero attached hydrogens (tertiary/aromatic N) is 1. The minimum absolute atomic E-state index is 0.657. The van der Waals surface area contributed by atoms with Crippen LogP contribution < -0.4 is 5.32 Å². The van der Waals surface area contributed by atoms with Gasteiger partial charge < -0.3 is 5.32 Å². The van der Waals surface area contributed by atoms with Gasteiger partial charge in [0.15, 0.2) is 0 Å². The van der Waals surface area contributed by atoms with E-state index in [1.807, 2.05) is 6.07 Å². The van der Waals surface area contributed by atoms with Crippen LogP contribution >= 0.6 is 27.5 Å². The molecule has 4 heteroatoms. The van der Waals surface area contributed by atoms with Crippen molar-refractivity contribution in [3.05, 3.63) is 33.3 Å². The first kappa shape index (κ1) is 16.3. The van der Waals surface area contributed by atoms with Crippen LogP contribution in [0.1, 0.15) is 32.3 Å². The quantitative estimate of drug-likeness (QED) is 0.814. The molecule has 20 heavy (non-hydrogen) atoms. The third kappa shape index (κ3) is 5.03. The highest BCUT2D eigenvalue weighted by Gasteiger charge is 2.18. The fourth-order valence-electron chi connectivity index (χ4n) is 2.84. The molecule has 0 spiro atoms. The molecule has 112 valence electrons. The predicted octanol–water partition coefficient (Wildman–Crippen LogP) is 4.31. The van der Waals surface area contributed by atoms with Crippen LogP contribution in [0.2, 0.25) is 5.02 Å². The van der Waals surface area contributed by atoms with Gasteiger partial charge in [0.2, 0.25) is 0 Å². The molecular formula is C16H24BrClN2. The highest BCUT2D eigenvalue weighted by molar-refractivity contribution is 9.10. The zero-order chi connectivity index (χ0) is 14.5. The van der Waals surface area contributed by atoms with Gasteiger partial charge in [-0.3, -0.25) is 4.90 Å². The van der Waals surface area contributed by atoms with Crippen molar-refractivity contribution >= 4 is 27.5 Å². The minimum atomic E-state index is 0.657. The Hall–Kier alpha value is -0.0900. The van der Waals surface area contributed by atoms with Gasteiger partial charge in [0.1, 0.15) is 0 Å². The number of benzene rings is 1. The van der Waals surface area contributed by atoms with E-state index in [0.717, 1.165) is 29.1 Å². The molecule has 2 rings (SSSR count). The summed E-state index contributed by atoms with van der Waals surface area (Å²) in [4.78, 5) is 2.56. The minimum Gasteiger partial charge on any atom is -0.313 e. The number of halogens is 2. The number of nitrogens with one attached hydrogen (secondary N) is 1. The van der Waals surface area contributed by atoms with Crippen LogP contribution in [0, 0.1) is 5.92 Å². The fraction of sp³-hybridized carbons (Fsp3) is 0.625. The maximum atomic E-state index is 6.07. The Kier molecular flexibility index (Phi) is 6.34. The molecule has 1 atom stereocenters. The highest BCUT2D eigenvalue weighted by atomic mass is 79.9. The number of hydrogen-bond donors (Lipinski definition) is 1. The van der Waals surface area contributed by atoms with E-state index >= 15 is 0 Å². The average Bonchev–Trinajstić information content (AvgIpc) is 2.86. The summed E-state index contributed by atoms with van der Waals surface area (Å²) in [6, 6.07) is 6.90. The largest absolute Gasteiger partial charge is 0.313 e. The molecule has 1 aliphatic rings. The fourth-order valence-corrected chi connectivity index (χ4v) is 3.38. The normalized spacial score (nSPS) is 19.2. The van der Waals surface area contributed by atoms with Crippen LogP contribution in [0.25, 0.3) is 0 Å². The molecule has 0 saturated carbocycles. The van der Waals surface area contributed by atoms with E-state index in [-0.39, 0.29) is 0 Å². The van der Waals surface area contributed by atoms with Gasteiger partial charge in [-0.25, -0.2) is 0 Å². The van der Waals surface area contributed by atoms with Crippen molar-refractivity contribution in [3.8, 4) is 0 Å². The first-order valence-corrected chi connectivity index (χ1v) is 8.61. The average molecular weight is 360 g/mol. The van der Waals surface area contributed by atoms with Crippen molar-refractivity contribution < 1.29 is 0 Å². The van der Waals surface area contributed by atoms with Crippen molar-refractivity contribution in [2.75, 3.05) is 19.6 Å². The van der Waals surface area contributed by atoms with E-state index in [2.05, 4.69) is 52.1 Å². The molecule has 0 amide bonds. The molecule has 1 aliphatic heterocycles. The molecule has 1 aromatic rings. The van der Waals surface area contributed by atoms with Gasteiger partial charge in [0.25, 0.3) is 0 Å².